The molecule has 0 radical (unpaired) electrons. The smallest absolute Gasteiger partial charge is 0.254 e. The second-order valence-corrected chi connectivity index (χ2v) is 4.44. The average Bonchev–Trinajstić information content (AvgIpc) is 2.28. The molecule has 0 aromatic heterocycles. The van der Waals surface area contributed by atoms with Crippen LogP contribution in [0.4, 0.5) is 4.39 Å². The van der Waals surface area contributed by atoms with Crippen molar-refractivity contribution in [3.8, 4) is 0 Å². The van der Waals surface area contributed by atoms with E-state index in [1.807, 2.05) is 32.9 Å². The zero-order chi connectivity index (χ0) is 13.1. The second-order valence-electron chi connectivity index (χ2n) is 4.44. The molecule has 0 N–H and O–H groups in total. The molecule has 0 atom stereocenters. The summed E-state index contributed by atoms with van der Waals surface area (Å²) >= 11 is 0. The first-order chi connectivity index (χ1) is 7.98. The molecule has 17 heavy (non-hydrogen) atoms. The number of hydrogen-bond donors (Lipinski definition) is 0. The lowest BCUT2D eigenvalue weighted by molar-refractivity contribution is -0.00785. The Morgan fingerprint density at radius 2 is 1.71 bits per heavy atom. The number of likely N-dealkylation sites (tertiary alicyclic amines) is 1. The number of aryl methyl sites for hydroxylation is 1. The molecule has 94 valence electrons. The van der Waals surface area contributed by atoms with E-state index in [0.717, 1.165) is 5.56 Å². The van der Waals surface area contributed by atoms with E-state index in [2.05, 4.69) is 0 Å². The van der Waals surface area contributed by atoms with Gasteiger partial charge in [-0.3, -0.25) is 4.79 Å². The number of carbonyl (C=O) groups excluding carboxylic acids is 1. The van der Waals surface area contributed by atoms with Gasteiger partial charge in [-0.25, -0.2) is 4.39 Å². The summed E-state index contributed by atoms with van der Waals surface area (Å²) < 4.78 is 13.2. The van der Waals surface area contributed by atoms with Crippen molar-refractivity contribution < 1.29 is 9.18 Å². The summed E-state index contributed by atoms with van der Waals surface area (Å²) in [5.41, 5.74) is 0.557. The number of halogens is 1. The van der Waals surface area contributed by atoms with Gasteiger partial charge in [0.2, 0.25) is 0 Å². The normalized spacial score (nSPS) is 16.6. The Labute approximate surface area is 102 Å². The molecule has 2 nitrogen and oxygen atoms in total. The van der Waals surface area contributed by atoms with Gasteiger partial charge >= 0.3 is 0 Å². The van der Waals surface area contributed by atoms with E-state index in [4.69, 9.17) is 0 Å². The Morgan fingerprint density at radius 3 is 2.12 bits per heavy atom. The predicted molar refractivity (Wildman–Crippen MR) is 67.9 cm³/mol. The Bertz CT molecular complexity index is 376. The van der Waals surface area contributed by atoms with Crippen molar-refractivity contribution in [2.24, 2.45) is 0 Å². The number of hydrogen-bond acceptors (Lipinski definition) is 1. The molecule has 1 saturated heterocycles. The van der Waals surface area contributed by atoms with Crippen LogP contribution < -0.4 is 0 Å². The van der Waals surface area contributed by atoms with Crippen LogP contribution in [0.15, 0.2) is 24.3 Å². The number of nitrogens with zero attached hydrogens (tertiary/aromatic N) is 1. The highest BCUT2D eigenvalue weighted by Crippen LogP contribution is 2.25. The number of alkyl halides is 1. The van der Waals surface area contributed by atoms with E-state index in [-0.39, 0.29) is 19.0 Å². The van der Waals surface area contributed by atoms with E-state index in [9.17, 15) is 9.18 Å². The van der Waals surface area contributed by atoms with Crippen molar-refractivity contribution in [1.82, 2.24) is 4.90 Å². The summed E-state index contributed by atoms with van der Waals surface area (Å²) in [6.07, 6.45) is 0. The first-order valence-electron chi connectivity index (χ1n) is 6.03. The minimum atomic E-state index is -1.19. The van der Waals surface area contributed by atoms with Gasteiger partial charge in [-0.05, 0) is 26.0 Å². The largest absolute Gasteiger partial charge is 0.332 e. The van der Waals surface area contributed by atoms with E-state index in [1.54, 1.807) is 12.1 Å². The number of amides is 1. The molecular weight excluding hydrogens is 217 g/mol. The van der Waals surface area contributed by atoms with Crippen LogP contribution in [0.25, 0.3) is 0 Å². The Balaban J connectivity index is 0.000000686. The van der Waals surface area contributed by atoms with Crippen LogP contribution in [0.2, 0.25) is 0 Å². The number of carbonyl (C=O) groups is 1. The zero-order valence-electron chi connectivity index (χ0n) is 11.0. The summed E-state index contributed by atoms with van der Waals surface area (Å²) in [5, 5.41) is 0. The standard InChI is InChI=1S/C12H14FNO.C2H6/c1-9-3-5-10(6-4-9)11(15)14-7-12(2,13)8-14;1-2/h3-6H,7-8H2,1-2H3;1-2H3. The molecule has 1 amide bonds. The van der Waals surface area contributed by atoms with Crippen molar-refractivity contribution in [1.29, 1.82) is 0 Å². The summed E-state index contributed by atoms with van der Waals surface area (Å²) in [7, 11) is 0. The van der Waals surface area contributed by atoms with Gasteiger partial charge in [0.1, 0.15) is 5.67 Å². The van der Waals surface area contributed by atoms with Gasteiger partial charge in [0.15, 0.2) is 0 Å². The minimum absolute atomic E-state index is 0.0786. The second kappa shape index (κ2) is 5.30. The van der Waals surface area contributed by atoms with Gasteiger partial charge in [0, 0.05) is 5.56 Å². The van der Waals surface area contributed by atoms with Crippen molar-refractivity contribution >= 4 is 5.91 Å². The molecule has 1 aliphatic rings. The van der Waals surface area contributed by atoms with Gasteiger partial charge in [-0.1, -0.05) is 31.5 Å². The van der Waals surface area contributed by atoms with Crippen molar-refractivity contribution in [2.45, 2.75) is 33.4 Å². The summed E-state index contributed by atoms with van der Waals surface area (Å²) in [6, 6.07) is 7.35. The van der Waals surface area contributed by atoms with E-state index in [0.29, 0.717) is 5.56 Å². The van der Waals surface area contributed by atoms with Crippen molar-refractivity contribution in [3.63, 3.8) is 0 Å². The third-order valence-electron chi connectivity index (χ3n) is 2.63. The maximum absolute atomic E-state index is 13.2. The van der Waals surface area contributed by atoms with Gasteiger partial charge in [0.05, 0.1) is 13.1 Å². The SMILES string of the molecule is CC.Cc1ccc(C(=O)N2CC(C)(F)C2)cc1. The molecule has 0 spiro atoms. The van der Waals surface area contributed by atoms with Crippen LogP contribution in [0.1, 0.15) is 36.7 Å². The maximum Gasteiger partial charge on any atom is 0.254 e. The number of rotatable bonds is 1. The monoisotopic (exact) mass is 237 g/mol. The highest BCUT2D eigenvalue weighted by molar-refractivity contribution is 5.94. The van der Waals surface area contributed by atoms with Crippen LogP contribution in [0.5, 0.6) is 0 Å². The fourth-order valence-corrected chi connectivity index (χ4v) is 1.77. The van der Waals surface area contributed by atoms with Crippen LogP contribution in [-0.2, 0) is 0 Å². The lowest BCUT2D eigenvalue weighted by Crippen LogP contribution is -2.59. The molecule has 2 rings (SSSR count). The third kappa shape index (κ3) is 3.29. The average molecular weight is 237 g/mol. The maximum atomic E-state index is 13.2. The fourth-order valence-electron chi connectivity index (χ4n) is 1.77. The molecule has 0 bridgehead atoms. The molecule has 1 aromatic carbocycles. The molecule has 0 saturated carbocycles. The summed E-state index contributed by atoms with van der Waals surface area (Å²) in [6.45, 7) is 7.90. The summed E-state index contributed by atoms with van der Waals surface area (Å²) in [4.78, 5) is 13.3. The van der Waals surface area contributed by atoms with E-state index < -0.39 is 5.67 Å². The highest BCUT2D eigenvalue weighted by atomic mass is 19.1. The topological polar surface area (TPSA) is 20.3 Å². The first-order valence-corrected chi connectivity index (χ1v) is 6.03. The van der Waals surface area contributed by atoms with E-state index >= 15 is 0 Å². The van der Waals surface area contributed by atoms with Gasteiger partial charge in [-0.2, -0.15) is 0 Å². The summed E-state index contributed by atoms with van der Waals surface area (Å²) in [5.74, 6) is -0.0786. The van der Waals surface area contributed by atoms with Crippen LogP contribution in [0, 0.1) is 6.92 Å². The minimum Gasteiger partial charge on any atom is -0.332 e. The zero-order valence-corrected chi connectivity index (χ0v) is 11.0. The van der Waals surface area contributed by atoms with Gasteiger partial charge < -0.3 is 4.90 Å². The first kappa shape index (κ1) is 13.7. The molecule has 1 heterocycles. The Morgan fingerprint density at radius 1 is 1.24 bits per heavy atom. The molecule has 0 unspecified atom stereocenters. The van der Waals surface area contributed by atoms with Gasteiger partial charge in [0.25, 0.3) is 5.91 Å². The number of benzene rings is 1. The van der Waals surface area contributed by atoms with E-state index in [1.165, 1.54) is 11.8 Å². The predicted octanol–water partition coefficient (Wildman–Crippen LogP) is 3.21. The molecular formula is C14H20FNO. The molecule has 1 aliphatic heterocycles. The molecule has 1 aromatic rings. The molecule has 3 heteroatoms. The molecule has 1 fully saturated rings. The van der Waals surface area contributed by atoms with Crippen molar-refractivity contribution in [3.05, 3.63) is 35.4 Å². The third-order valence-corrected chi connectivity index (χ3v) is 2.63. The Hall–Kier alpha value is -1.38. The van der Waals surface area contributed by atoms with Gasteiger partial charge in [-0.15, -0.1) is 0 Å². The highest BCUT2D eigenvalue weighted by Gasteiger charge is 2.41. The van der Waals surface area contributed by atoms with Crippen LogP contribution >= 0.6 is 0 Å². The fraction of sp³-hybridized carbons (Fsp3) is 0.500. The lowest BCUT2D eigenvalue weighted by atomic mass is 9.97. The van der Waals surface area contributed by atoms with Crippen LogP contribution in [-0.4, -0.2) is 29.6 Å². The Kier molecular flexibility index (Phi) is 4.27. The molecule has 0 aliphatic carbocycles. The van der Waals surface area contributed by atoms with Crippen molar-refractivity contribution in [2.75, 3.05) is 13.1 Å². The van der Waals surface area contributed by atoms with Crippen LogP contribution in [0.3, 0.4) is 0 Å². The quantitative estimate of drug-likeness (QED) is 0.734. The lowest BCUT2D eigenvalue weighted by Gasteiger charge is -2.42.